The molecule has 4 aromatic rings. The summed E-state index contributed by atoms with van der Waals surface area (Å²) < 4.78 is 12.8. The molecule has 0 unspecified atom stereocenters. The molecule has 2 heterocycles. The largest absolute Gasteiger partial charge is 0.494 e. The van der Waals surface area contributed by atoms with Crippen molar-refractivity contribution in [3.63, 3.8) is 0 Å². The average molecular weight is 447 g/mol. The lowest BCUT2D eigenvalue weighted by Crippen LogP contribution is -2.41. The highest BCUT2D eigenvalue weighted by molar-refractivity contribution is 6.62. The van der Waals surface area contributed by atoms with E-state index in [1.807, 2.05) is 12.3 Å². The normalized spacial score (nSPS) is 17.0. The number of rotatable bonds is 5. The zero-order valence-electron chi connectivity index (χ0n) is 20.2. The van der Waals surface area contributed by atoms with Gasteiger partial charge in [-0.15, -0.1) is 0 Å². The summed E-state index contributed by atoms with van der Waals surface area (Å²) in [6.45, 7) is 8.35. The van der Waals surface area contributed by atoms with Crippen molar-refractivity contribution in [2.75, 3.05) is 0 Å². The van der Waals surface area contributed by atoms with Crippen molar-refractivity contribution in [1.82, 2.24) is 4.98 Å². The van der Waals surface area contributed by atoms with Crippen molar-refractivity contribution in [2.45, 2.75) is 44.3 Å². The topological polar surface area (TPSA) is 31.4 Å². The van der Waals surface area contributed by atoms with E-state index in [4.69, 9.17) is 14.3 Å². The quantitative estimate of drug-likeness (QED) is 0.288. The summed E-state index contributed by atoms with van der Waals surface area (Å²) in [6.07, 6.45) is 1.87. The van der Waals surface area contributed by atoms with Crippen LogP contribution < -0.4 is 5.46 Å². The summed E-state index contributed by atoms with van der Waals surface area (Å²) >= 11 is 0. The molecule has 0 radical (unpaired) electrons. The Balaban J connectivity index is 1.76. The van der Waals surface area contributed by atoms with Gasteiger partial charge in [0.1, 0.15) is 0 Å². The zero-order valence-corrected chi connectivity index (χ0v) is 20.2. The van der Waals surface area contributed by atoms with E-state index in [9.17, 15) is 0 Å². The third kappa shape index (κ3) is 3.68. The average Bonchev–Trinajstić information content (AvgIpc) is 3.09. The van der Waals surface area contributed by atoms with Gasteiger partial charge in [-0.25, -0.2) is 0 Å². The number of nitrogens with zero attached hydrogens (tertiary/aromatic N) is 1. The molecule has 0 amide bonds. The van der Waals surface area contributed by atoms with Crippen molar-refractivity contribution >= 4 is 12.6 Å². The molecule has 0 N–H and O–H groups in total. The van der Waals surface area contributed by atoms with Crippen LogP contribution in [-0.4, -0.2) is 23.3 Å². The second kappa shape index (κ2) is 8.54. The minimum absolute atomic E-state index is 0.398. The minimum atomic E-state index is -0.594. The molecule has 1 aliphatic rings. The van der Waals surface area contributed by atoms with Crippen molar-refractivity contribution in [2.24, 2.45) is 0 Å². The molecule has 3 aromatic carbocycles. The first kappa shape index (κ1) is 22.6. The standard InChI is InChI=1S/C30H30BNO2/c1-28(2)29(3,4)34-31(33-28)26-19-13-18-25(22-26)30(23-14-7-5-8-15-23,24-16-9-6-10-17-24)27-20-11-12-21-32-27/h5-22H,1-4H3. The molecule has 0 saturated carbocycles. The van der Waals surface area contributed by atoms with E-state index in [0.717, 1.165) is 27.8 Å². The molecule has 0 bridgehead atoms. The van der Waals surface area contributed by atoms with Gasteiger partial charge in [0.25, 0.3) is 0 Å². The molecular weight excluding hydrogens is 417 g/mol. The van der Waals surface area contributed by atoms with Gasteiger partial charge in [0.15, 0.2) is 0 Å². The Morgan fingerprint density at radius 2 is 1.15 bits per heavy atom. The lowest BCUT2D eigenvalue weighted by atomic mass is 9.65. The summed E-state index contributed by atoms with van der Waals surface area (Å²) in [6, 6.07) is 35.9. The van der Waals surface area contributed by atoms with Gasteiger partial charge in [-0.2, -0.15) is 0 Å². The first-order valence-electron chi connectivity index (χ1n) is 11.8. The summed E-state index contributed by atoms with van der Waals surface area (Å²) in [5, 5.41) is 0. The molecule has 34 heavy (non-hydrogen) atoms. The highest BCUT2D eigenvalue weighted by Crippen LogP contribution is 2.44. The molecule has 1 aliphatic heterocycles. The molecule has 0 spiro atoms. The molecule has 1 fully saturated rings. The van der Waals surface area contributed by atoms with Crippen LogP contribution in [0.2, 0.25) is 0 Å². The molecule has 1 saturated heterocycles. The second-order valence-electron chi connectivity index (χ2n) is 9.91. The highest BCUT2D eigenvalue weighted by atomic mass is 16.7. The predicted molar refractivity (Wildman–Crippen MR) is 138 cm³/mol. The number of hydrogen-bond acceptors (Lipinski definition) is 3. The smallest absolute Gasteiger partial charge is 0.399 e. The summed E-state index contributed by atoms with van der Waals surface area (Å²) in [5.74, 6) is 0. The highest BCUT2D eigenvalue weighted by Gasteiger charge is 2.52. The van der Waals surface area contributed by atoms with Crippen molar-refractivity contribution in [1.29, 1.82) is 0 Å². The fourth-order valence-corrected chi connectivity index (χ4v) is 4.80. The van der Waals surface area contributed by atoms with Crippen LogP contribution in [-0.2, 0) is 14.7 Å². The SMILES string of the molecule is CC1(C)OB(c2cccc(C(c3ccccc3)(c3ccccc3)c3ccccn3)c2)OC1(C)C. The Morgan fingerprint density at radius 3 is 1.68 bits per heavy atom. The van der Waals surface area contributed by atoms with E-state index >= 15 is 0 Å². The maximum Gasteiger partial charge on any atom is 0.494 e. The Kier molecular flexibility index (Phi) is 5.67. The van der Waals surface area contributed by atoms with Crippen molar-refractivity contribution in [3.05, 3.63) is 132 Å². The van der Waals surface area contributed by atoms with Gasteiger partial charge in [0.2, 0.25) is 0 Å². The molecule has 170 valence electrons. The Morgan fingerprint density at radius 1 is 0.618 bits per heavy atom. The number of benzene rings is 3. The van der Waals surface area contributed by atoms with Gasteiger partial charge in [-0.3, -0.25) is 4.98 Å². The lowest BCUT2D eigenvalue weighted by molar-refractivity contribution is 0.00578. The first-order chi connectivity index (χ1) is 16.3. The fraction of sp³-hybridized carbons (Fsp3) is 0.233. The maximum atomic E-state index is 6.40. The van der Waals surface area contributed by atoms with Gasteiger partial charge in [-0.1, -0.05) is 91.0 Å². The first-order valence-corrected chi connectivity index (χ1v) is 11.8. The fourth-order valence-electron chi connectivity index (χ4n) is 4.80. The lowest BCUT2D eigenvalue weighted by Gasteiger charge is -2.36. The van der Waals surface area contributed by atoms with Crippen LogP contribution >= 0.6 is 0 Å². The summed E-state index contributed by atoms with van der Waals surface area (Å²) in [5.41, 5.74) is 4.02. The number of pyridine rings is 1. The zero-order chi connectivity index (χ0) is 23.8. The van der Waals surface area contributed by atoms with E-state index in [1.165, 1.54) is 0 Å². The maximum absolute atomic E-state index is 6.40. The van der Waals surface area contributed by atoms with E-state index in [2.05, 4.69) is 125 Å². The van der Waals surface area contributed by atoms with Gasteiger partial charge >= 0.3 is 7.12 Å². The Labute approximate surface area is 202 Å². The third-order valence-electron chi connectivity index (χ3n) is 7.31. The third-order valence-corrected chi connectivity index (χ3v) is 7.31. The van der Waals surface area contributed by atoms with Crippen LogP contribution in [0.15, 0.2) is 109 Å². The second-order valence-corrected chi connectivity index (χ2v) is 9.91. The van der Waals surface area contributed by atoms with Gasteiger partial charge < -0.3 is 9.31 Å². The summed E-state index contributed by atoms with van der Waals surface area (Å²) in [4.78, 5) is 4.89. The van der Waals surface area contributed by atoms with Crippen LogP contribution in [0.25, 0.3) is 0 Å². The van der Waals surface area contributed by atoms with E-state index < -0.39 is 23.7 Å². The van der Waals surface area contributed by atoms with Crippen molar-refractivity contribution < 1.29 is 9.31 Å². The molecule has 0 aliphatic carbocycles. The molecule has 0 atom stereocenters. The van der Waals surface area contributed by atoms with E-state index in [-0.39, 0.29) is 0 Å². The monoisotopic (exact) mass is 447 g/mol. The number of hydrogen-bond donors (Lipinski definition) is 0. The Bertz CT molecular complexity index is 1140. The Hall–Kier alpha value is -3.21. The van der Waals surface area contributed by atoms with Gasteiger partial charge in [-0.05, 0) is 62.0 Å². The minimum Gasteiger partial charge on any atom is -0.399 e. The van der Waals surface area contributed by atoms with Crippen LogP contribution in [0.1, 0.15) is 50.1 Å². The van der Waals surface area contributed by atoms with Crippen LogP contribution in [0, 0.1) is 0 Å². The van der Waals surface area contributed by atoms with Gasteiger partial charge in [0.05, 0.1) is 22.3 Å². The molecule has 5 rings (SSSR count). The molecular formula is C30H30BNO2. The van der Waals surface area contributed by atoms with Crippen LogP contribution in [0.4, 0.5) is 0 Å². The van der Waals surface area contributed by atoms with Gasteiger partial charge in [0, 0.05) is 6.20 Å². The molecule has 1 aromatic heterocycles. The number of aromatic nitrogens is 1. The molecule has 3 nitrogen and oxygen atoms in total. The predicted octanol–water partition coefficient (Wildman–Crippen LogP) is 5.76. The van der Waals surface area contributed by atoms with Crippen LogP contribution in [0.3, 0.4) is 0 Å². The van der Waals surface area contributed by atoms with Crippen molar-refractivity contribution in [3.8, 4) is 0 Å². The van der Waals surface area contributed by atoms with E-state index in [1.54, 1.807) is 0 Å². The molecule has 4 heteroatoms. The van der Waals surface area contributed by atoms with E-state index in [0.29, 0.717) is 0 Å². The van der Waals surface area contributed by atoms with Crippen LogP contribution in [0.5, 0.6) is 0 Å². The summed E-state index contributed by atoms with van der Waals surface area (Å²) in [7, 11) is -0.432.